The monoisotopic (exact) mass is 376 g/mol. The van der Waals surface area contributed by atoms with Crippen LogP contribution in [0.2, 0.25) is 0 Å². The maximum absolute atomic E-state index is 5.73. The van der Waals surface area contributed by atoms with Crippen molar-refractivity contribution < 1.29 is 9.47 Å². The smallest absolute Gasteiger partial charge is 0.161 e. The predicted molar refractivity (Wildman–Crippen MR) is 105 cm³/mol. The predicted octanol–water partition coefficient (Wildman–Crippen LogP) is 3.85. The SMILES string of the molecule is C=C(C)C[C@H](c1ccc(OC)c(OCC)c1)N1CCNCC1.Cl.Cl. The summed E-state index contributed by atoms with van der Waals surface area (Å²) in [5.41, 5.74) is 2.48. The van der Waals surface area contributed by atoms with Crippen molar-refractivity contribution in [1.82, 2.24) is 10.2 Å². The van der Waals surface area contributed by atoms with Crippen LogP contribution in [0.1, 0.15) is 31.9 Å². The summed E-state index contributed by atoms with van der Waals surface area (Å²) in [4.78, 5) is 2.53. The summed E-state index contributed by atoms with van der Waals surface area (Å²) in [6.45, 7) is 13.1. The quantitative estimate of drug-likeness (QED) is 0.732. The van der Waals surface area contributed by atoms with Crippen LogP contribution in [0.25, 0.3) is 0 Å². The number of nitrogens with one attached hydrogen (secondary N) is 1. The summed E-state index contributed by atoms with van der Waals surface area (Å²) in [5.74, 6) is 1.62. The maximum atomic E-state index is 5.73. The Labute approximate surface area is 158 Å². The van der Waals surface area contributed by atoms with E-state index in [0.717, 1.165) is 44.1 Å². The number of methoxy groups -OCH3 is 1. The molecule has 1 aliphatic rings. The molecule has 0 amide bonds. The van der Waals surface area contributed by atoms with Crippen LogP contribution >= 0.6 is 24.8 Å². The molecule has 2 rings (SSSR count). The number of rotatable bonds is 7. The van der Waals surface area contributed by atoms with Crippen LogP contribution in [-0.4, -0.2) is 44.8 Å². The van der Waals surface area contributed by atoms with Gasteiger partial charge >= 0.3 is 0 Å². The molecule has 1 heterocycles. The molecule has 0 radical (unpaired) electrons. The lowest BCUT2D eigenvalue weighted by Crippen LogP contribution is -2.45. The molecule has 24 heavy (non-hydrogen) atoms. The van der Waals surface area contributed by atoms with Crippen LogP contribution in [0.15, 0.2) is 30.4 Å². The molecule has 1 saturated heterocycles. The van der Waals surface area contributed by atoms with Crippen molar-refractivity contribution in [3.63, 3.8) is 0 Å². The fourth-order valence-corrected chi connectivity index (χ4v) is 2.95. The molecule has 1 aliphatic heterocycles. The van der Waals surface area contributed by atoms with E-state index in [1.54, 1.807) is 7.11 Å². The molecule has 0 unspecified atom stereocenters. The van der Waals surface area contributed by atoms with Crippen LogP contribution in [0.4, 0.5) is 0 Å². The van der Waals surface area contributed by atoms with Crippen molar-refractivity contribution in [2.75, 3.05) is 39.9 Å². The Morgan fingerprint density at radius 3 is 2.46 bits per heavy atom. The van der Waals surface area contributed by atoms with Crippen molar-refractivity contribution in [3.8, 4) is 11.5 Å². The Bertz CT molecular complexity index is 506. The van der Waals surface area contributed by atoms with Crippen molar-refractivity contribution in [1.29, 1.82) is 0 Å². The van der Waals surface area contributed by atoms with E-state index >= 15 is 0 Å². The largest absolute Gasteiger partial charge is 0.493 e. The van der Waals surface area contributed by atoms with Gasteiger partial charge in [-0.05, 0) is 38.0 Å². The van der Waals surface area contributed by atoms with Crippen LogP contribution in [0.5, 0.6) is 11.5 Å². The van der Waals surface area contributed by atoms with E-state index in [9.17, 15) is 0 Å². The minimum Gasteiger partial charge on any atom is -0.493 e. The second kappa shape index (κ2) is 11.6. The maximum Gasteiger partial charge on any atom is 0.161 e. The van der Waals surface area contributed by atoms with E-state index in [1.807, 2.05) is 13.0 Å². The zero-order valence-electron chi connectivity index (χ0n) is 14.8. The van der Waals surface area contributed by atoms with Crippen molar-refractivity contribution in [2.45, 2.75) is 26.3 Å². The van der Waals surface area contributed by atoms with Crippen LogP contribution in [0.3, 0.4) is 0 Å². The molecular formula is C18H30Cl2N2O2. The van der Waals surface area contributed by atoms with Crippen molar-refractivity contribution >= 4 is 24.8 Å². The van der Waals surface area contributed by atoms with Gasteiger partial charge in [-0.2, -0.15) is 0 Å². The third-order valence-corrected chi connectivity index (χ3v) is 4.01. The highest BCUT2D eigenvalue weighted by Gasteiger charge is 2.23. The molecule has 1 fully saturated rings. The second-order valence-corrected chi connectivity index (χ2v) is 5.81. The molecule has 0 spiro atoms. The number of hydrogen-bond acceptors (Lipinski definition) is 4. The Morgan fingerprint density at radius 2 is 1.92 bits per heavy atom. The lowest BCUT2D eigenvalue weighted by Gasteiger charge is -2.35. The van der Waals surface area contributed by atoms with Gasteiger partial charge in [0, 0.05) is 32.2 Å². The lowest BCUT2D eigenvalue weighted by molar-refractivity contribution is 0.172. The minimum atomic E-state index is 0. The Kier molecular flexibility index (Phi) is 11.1. The van der Waals surface area contributed by atoms with Crippen LogP contribution in [0, 0.1) is 0 Å². The highest BCUT2D eigenvalue weighted by molar-refractivity contribution is 5.85. The second-order valence-electron chi connectivity index (χ2n) is 5.81. The normalized spacial score (nSPS) is 15.6. The van der Waals surface area contributed by atoms with E-state index in [2.05, 4.69) is 35.9 Å². The van der Waals surface area contributed by atoms with Crippen molar-refractivity contribution in [3.05, 3.63) is 35.9 Å². The summed E-state index contributed by atoms with van der Waals surface area (Å²) in [5, 5.41) is 3.42. The average Bonchev–Trinajstić information content (AvgIpc) is 2.53. The van der Waals surface area contributed by atoms with Gasteiger partial charge in [0.2, 0.25) is 0 Å². The first-order chi connectivity index (χ1) is 10.7. The molecule has 4 nitrogen and oxygen atoms in total. The summed E-state index contributed by atoms with van der Waals surface area (Å²) < 4.78 is 11.1. The molecule has 0 aliphatic carbocycles. The standard InChI is InChI=1S/C18H28N2O2.2ClH/c1-5-22-18-13-15(6-7-17(18)21-4)16(12-14(2)3)20-10-8-19-9-11-20;;/h6-7,13,16,19H,2,5,8-12H2,1,3-4H3;2*1H/t16-;;/m1../s1. The number of nitrogens with zero attached hydrogens (tertiary/aromatic N) is 1. The topological polar surface area (TPSA) is 33.7 Å². The van der Waals surface area contributed by atoms with Crippen molar-refractivity contribution in [2.24, 2.45) is 0 Å². The third-order valence-electron chi connectivity index (χ3n) is 4.01. The summed E-state index contributed by atoms with van der Waals surface area (Å²) in [6.07, 6.45) is 0.970. The fraction of sp³-hybridized carbons (Fsp3) is 0.556. The van der Waals surface area contributed by atoms with Gasteiger partial charge in [0.1, 0.15) is 0 Å². The van der Waals surface area contributed by atoms with E-state index in [4.69, 9.17) is 9.47 Å². The number of ether oxygens (including phenoxy) is 2. The van der Waals surface area contributed by atoms with Gasteiger partial charge < -0.3 is 14.8 Å². The van der Waals surface area contributed by atoms with Gasteiger partial charge in [-0.25, -0.2) is 0 Å². The molecule has 1 atom stereocenters. The minimum absolute atomic E-state index is 0. The van der Waals surface area contributed by atoms with Crippen LogP contribution in [-0.2, 0) is 0 Å². The molecule has 1 aromatic carbocycles. The van der Waals surface area contributed by atoms with Gasteiger partial charge in [-0.15, -0.1) is 31.4 Å². The average molecular weight is 377 g/mol. The Balaban J connectivity index is 0.00000264. The summed E-state index contributed by atoms with van der Waals surface area (Å²) >= 11 is 0. The third kappa shape index (κ3) is 6.17. The number of halogens is 2. The fourth-order valence-electron chi connectivity index (χ4n) is 2.95. The number of benzene rings is 1. The first-order valence-electron chi connectivity index (χ1n) is 8.05. The lowest BCUT2D eigenvalue weighted by atomic mass is 9.97. The van der Waals surface area contributed by atoms with Gasteiger partial charge in [0.25, 0.3) is 0 Å². The van der Waals surface area contributed by atoms with Crippen LogP contribution < -0.4 is 14.8 Å². The zero-order valence-corrected chi connectivity index (χ0v) is 16.5. The van der Waals surface area contributed by atoms with Gasteiger partial charge in [0.05, 0.1) is 13.7 Å². The first kappa shape index (κ1) is 23.1. The molecule has 0 bridgehead atoms. The molecule has 1 N–H and O–H groups in total. The Morgan fingerprint density at radius 1 is 1.25 bits per heavy atom. The molecule has 0 aromatic heterocycles. The highest BCUT2D eigenvalue weighted by Crippen LogP contribution is 2.34. The van der Waals surface area contributed by atoms with E-state index in [0.29, 0.717) is 12.6 Å². The van der Waals surface area contributed by atoms with Gasteiger partial charge in [0.15, 0.2) is 11.5 Å². The molecule has 138 valence electrons. The molecule has 6 heteroatoms. The highest BCUT2D eigenvalue weighted by atomic mass is 35.5. The van der Waals surface area contributed by atoms with E-state index < -0.39 is 0 Å². The Hall–Kier alpha value is -0.940. The summed E-state index contributed by atoms with van der Waals surface area (Å²) in [6, 6.07) is 6.63. The zero-order chi connectivity index (χ0) is 15.9. The van der Waals surface area contributed by atoms with Gasteiger partial charge in [-0.3, -0.25) is 4.90 Å². The summed E-state index contributed by atoms with van der Waals surface area (Å²) in [7, 11) is 1.68. The molecule has 0 saturated carbocycles. The van der Waals surface area contributed by atoms with E-state index in [-0.39, 0.29) is 24.8 Å². The van der Waals surface area contributed by atoms with Gasteiger partial charge in [-0.1, -0.05) is 11.6 Å². The number of piperazine rings is 1. The molecule has 1 aromatic rings. The van der Waals surface area contributed by atoms with E-state index in [1.165, 1.54) is 11.1 Å². The number of hydrogen-bond donors (Lipinski definition) is 1. The first-order valence-corrected chi connectivity index (χ1v) is 8.05. The molecular weight excluding hydrogens is 347 g/mol.